The van der Waals surface area contributed by atoms with Gasteiger partial charge < -0.3 is 14.2 Å². The Bertz CT molecular complexity index is 1280. The molecule has 166 valence electrons. The van der Waals surface area contributed by atoms with E-state index in [9.17, 15) is 0 Å². The van der Waals surface area contributed by atoms with Gasteiger partial charge in [-0.2, -0.15) is 9.78 Å². The first-order valence-electron chi connectivity index (χ1n) is 10.4. The first kappa shape index (κ1) is 21.1. The molecule has 1 atom stereocenters. The molecule has 1 aliphatic rings. The van der Waals surface area contributed by atoms with Crippen LogP contribution in [-0.4, -0.2) is 34.8 Å². The highest BCUT2D eigenvalue weighted by molar-refractivity contribution is 8.00. The van der Waals surface area contributed by atoms with Gasteiger partial charge in [0.25, 0.3) is 0 Å². The zero-order valence-electron chi connectivity index (χ0n) is 18.2. The fourth-order valence-electron chi connectivity index (χ4n) is 3.60. The number of thioether (sulfide) groups is 1. The number of para-hydroxylation sites is 1. The van der Waals surface area contributed by atoms with Crippen molar-refractivity contribution in [1.29, 1.82) is 0 Å². The first-order valence-corrected chi connectivity index (χ1v) is 11.3. The van der Waals surface area contributed by atoms with Crippen LogP contribution in [0.5, 0.6) is 17.2 Å². The van der Waals surface area contributed by atoms with Crippen molar-refractivity contribution < 1.29 is 14.2 Å². The third-order valence-corrected chi connectivity index (χ3v) is 6.45. The lowest BCUT2D eigenvalue weighted by molar-refractivity contribution is 0.290. The summed E-state index contributed by atoms with van der Waals surface area (Å²) in [5, 5.41) is 14.4. The van der Waals surface area contributed by atoms with Gasteiger partial charge in [0.1, 0.15) is 12.4 Å². The highest BCUT2D eigenvalue weighted by Crippen LogP contribution is 2.42. The molecule has 0 unspecified atom stereocenters. The minimum absolute atomic E-state index is 0.0520. The van der Waals surface area contributed by atoms with Gasteiger partial charge in [0.05, 0.1) is 25.2 Å². The Kier molecular flexibility index (Phi) is 5.99. The zero-order valence-corrected chi connectivity index (χ0v) is 19.0. The zero-order chi connectivity index (χ0) is 22.6. The van der Waals surface area contributed by atoms with Gasteiger partial charge in [-0.05, 0) is 35.9 Å². The molecule has 0 amide bonds. The van der Waals surface area contributed by atoms with E-state index in [-0.39, 0.29) is 11.9 Å². The summed E-state index contributed by atoms with van der Waals surface area (Å²) >= 11 is 1.61. The van der Waals surface area contributed by atoms with Crippen LogP contribution in [0.15, 0.2) is 89.1 Å². The fourth-order valence-corrected chi connectivity index (χ4v) is 4.74. The van der Waals surface area contributed by atoms with Crippen molar-refractivity contribution in [1.82, 2.24) is 14.9 Å². The van der Waals surface area contributed by atoms with Crippen molar-refractivity contribution in [3.05, 3.63) is 95.8 Å². The van der Waals surface area contributed by atoms with E-state index in [4.69, 9.17) is 19.3 Å². The number of fused-ring (bicyclic) bond motifs is 1. The summed E-state index contributed by atoms with van der Waals surface area (Å²) in [5.41, 5.74) is 2.94. The maximum absolute atomic E-state index is 5.90. The van der Waals surface area contributed by atoms with Crippen LogP contribution in [-0.2, 0) is 6.61 Å². The van der Waals surface area contributed by atoms with E-state index in [1.807, 2.05) is 66.7 Å². The number of rotatable bonds is 7. The van der Waals surface area contributed by atoms with Crippen molar-refractivity contribution >= 4 is 17.5 Å². The van der Waals surface area contributed by atoms with E-state index in [0.717, 1.165) is 27.7 Å². The third kappa shape index (κ3) is 4.29. The van der Waals surface area contributed by atoms with Crippen LogP contribution in [0.4, 0.5) is 0 Å². The Balaban J connectivity index is 1.55. The number of hydrogen-bond donors (Lipinski definition) is 0. The van der Waals surface area contributed by atoms with Crippen molar-refractivity contribution in [3.8, 4) is 17.2 Å². The second kappa shape index (κ2) is 9.38. The summed E-state index contributed by atoms with van der Waals surface area (Å²) in [4.78, 5) is 0. The normalized spacial score (nSPS) is 14.8. The Labute approximate surface area is 196 Å². The van der Waals surface area contributed by atoms with Gasteiger partial charge in [-0.25, -0.2) is 0 Å². The molecule has 0 spiro atoms. The topological polar surface area (TPSA) is 70.8 Å². The van der Waals surface area contributed by atoms with Crippen molar-refractivity contribution in [2.75, 3.05) is 14.2 Å². The first-order chi connectivity index (χ1) is 16.3. The average Bonchev–Trinajstić information content (AvgIpc) is 3.29. The number of hydrogen-bond acceptors (Lipinski definition) is 7. The lowest BCUT2D eigenvalue weighted by Gasteiger charge is -2.24. The van der Waals surface area contributed by atoms with Gasteiger partial charge in [0.2, 0.25) is 5.16 Å². The maximum Gasteiger partial charge on any atom is 0.213 e. The van der Waals surface area contributed by atoms with Crippen molar-refractivity contribution in [3.63, 3.8) is 0 Å². The molecule has 0 radical (unpaired) electrons. The molecule has 1 aromatic heterocycles. The third-order valence-electron chi connectivity index (χ3n) is 5.25. The van der Waals surface area contributed by atoms with Gasteiger partial charge >= 0.3 is 0 Å². The molecule has 33 heavy (non-hydrogen) atoms. The molecule has 3 aromatic carbocycles. The average molecular weight is 459 g/mol. The molecular formula is C25H22N4O3S. The minimum Gasteiger partial charge on any atom is -0.493 e. The second-order valence-corrected chi connectivity index (χ2v) is 8.35. The summed E-state index contributed by atoms with van der Waals surface area (Å²) in [6.07, 6.45) is 0. The molecule has 0 fully saturated rings. The van der Waals surface area contributed by atoms with Gasteiger partial charge in [-0.1, -0.05) is 60.3 Å². The summed E-state index contributed by atoms with van der Waals surface area (Å²) in [7, 11) is 3.26. The Morgan fingerprint density at radius 1 is 0.848 bits per heavy atom. The Morgan fingerprint density at radius 3 is 2.30 bits per heavy atom. The van der Waals surface area contributed by atoms with E-state index >= 15 is 0 Å². The van der Waals surface area contributed by atoms with Crippen LogP contribution < -0.4 is 14.2 Å². The number of ether oxygens (including phenoxy) is 3. The Morgan fingerprint density at radius 2 is 1.58 bits per heavy atom. The fraction of sp³-hybridized carbons (Fsp3) is 0.160. The maximum atomic E-state index is 5.90. The molecule has 5 rings (SSSR count). The van der Waals surface area contributed by atoms with Crippen LogP contribution in [0.1, 0.15) is 22.2 Å². The van der Waals surface area contributed by atoms with Gasteiger partial charge in [-0.15, -0.1) is 10.2 Å². The summed E-state index contributed by atoms with van der Waals surface area (Å²) in [6.45, 7) is 0.260. The molecule has 0 aliphatic carbocycles. The lowest BCUT2D eigenvalue weighted by Crippen LogP contribution is -2.19. The summed E-state index contributed by atoms with van der Waals surface area (Å²) in [5.74, 6) is 2.72. The number of nitrogens with zero attached hydrogens (tertiary/aromatic N) is 4. The minimum atomic E-state index is -0.0520. The number of aromatic nitrogens is 3. The predicted molar refractivity (Wildman–Crippen MR) is 127 cm³/mol. The predicted octanol–water partition coefficient (Wildman–Crippen LogP) is 4.97. The summed E-state index contributed by atoms with van der Waals surface area (Å²) in [6, 6.07) is 25.7. The number of methoxy groups -OCH3 is 2. The molecule has 1 aliphatic heterocycles. The lowest BCUT2D eigenvalue weighted by atomic mass is 10.0. The monoisotopic (exact) mass is 458 g/mol. The number of benzene rings is 3. The van der Waals surface area contributed by atoms with Crippen LogP contribution in [0.25, 0.3) is 0 Å². The van der Waals surface area contributed by atoms with E-state index in [0.29, 0.717) is 17.3 Å². The quantitative estimate of drug-likeness (QED) is 0.389. The van der Waals surface area contributed by atoms with Crippen molar-refractivity contribution in [2.24, 2.45) is 5.10 Å². The SMILES string of the molecule is COc1ccc(C2=Nn3c(COc4ccccc4)nnc3S[C@H]2c2ccccc2)cc1OC. The molecule has 0 saturated heterocycles. The van der Waals surface area contributed by atoms with Crippen molar-refractivity contribution in [2.45, 2.75) is 17.0 Å². The van der Waals surface area contributed by atoms with E-state index in [2.05, 4.69) is 22.3 Å². The molecule has 2 heterocycles. The molecule has 7 nitrogen and oxygen atoms in total. The van der Waals surface area contributed by atoms with Crippen LogP contribution in [0, 0.1) is 0 Å². The molecular weight excluding hydrogens is 436 g/mol. The molecule has 0 saturated carbocycles. The van der Waals surface area contributed by atoms with E-state index in [1.54, 1.807) is 30.7 Å². The van der Waals surface area contributed by atoms with Gasteiger partial charge in [0, 0.05) is 5.56 Å². The molecule has 0 bridgehead atoms. The summed E-state index contributed by atoms with van der Waals surface area (Å²) < 4.78 is 18.6. The van der Waals surface area contributed by atoms with Gasteiger partial charge in [-0.3, -0.25) is 0 Å². The van der Waals surface area contributed by atoms with E-state index < -0.39 is 0 Å². The molecule has 0 N–H and O–H groups in total. The smallest absolute Gasteiger partial charge is 0.213 e. The standard InChI is InChI=1S/C25H22N4O3S/c1-30-20-14-13-18(15-21(20)31-2)23-24(17-9-5-3-6-10-17)33-25-27-26-22(29(25)28-23)16-32-19-11-7-4-8-12-19/h3-15,24H,16H2,1-2H3/t24-/m0/s1. The molecule has 8 heteroatoms. The largest absolute Gasteiger partial charge is 0.493 e. The second-order valence-electron chi connectivity index (χ2n) is 7.28. The highest BCUT2D eigenvalue weighted by atomic mass is 32.2. The van der Waals surface area contributed by atoms with Crippen LogP contribution >= 0.6 is 11.8 Å². The van der Waals surface area contributed by atoms with Crippen LogP contribution in [0.2, 0.25) is 0 Å². The highest BCUT2D eigenvalue weighted by Gasteiger charge is 2.30. The Hall–Kier alpha value is -3.78. The van der Waals surface area contributed by atoms with Crippen LogP contribution in [0.3, 0.4) is 0 Å². The van der Waals surface area contributed by atoms with Gasteiger partial charge in [0.15, 0.2) is 17.3 Å². The molecule has 4 aromatic rings. The van der Waals surface area contributed by atoms with E-state index in [1.165, 1.54) is 0 Å².